The van der Waals surface area contributed by atoms with E-state index in [-0.39, 0.29) is 18.4 Å². The van der Waals surface area contributed by atoms with Crippen molar-refractivity contribution in [2.45, 2.75) is 40.5 Å². The molecule has 0 saturated carbocycles. The first-order chi connectivity index (χ1) is 9.86. The molecule has 0 aliphatic heterocycles. The van der Waals surface area contributed by atoms with E-state index in [0.717, 1.165) is 36.2 Å². The van der Waals surface area contributed by atoms with Crippen molar-refractivity contribution in [2.75, 3.05) is 25.0 Å². The highest BCUT2D eigenvalue weighted by Crippen LogP contribution is 2.21. The fraction of sp³-hybridized carbons (Fsp3) is 0.529. The van der Waals surface area contributed by atoms with Gasteiger partial charge in [0.15, 0.2) is 0 Å². The quantitative estimate of drug-likeness (QED) is 0.808. The third kappa shape index (κ3) is 4.88. The Balaban J connectivity index is 2.90. The van der Waals surface area contributed by atoms with Crippen molar-refractivity contribution < 1.29 is 9.59 Å². The van der Waals surface area contributed by atoms with Gasteiger partial charge in [0, 0.05) is 26.2 Å². The number of unbranched alkanes of at least 4 members (excludes halogenated alkanes) is 1. The van der Waals surface area contributed by atoms with E-state index in [0.29, 0.717) is 0 Å². The van der Waals surface area contributed by atoms with Crippen LogP contribution < -0.4 is 4.90 Å². The van der Waals surface area contributed by atoms with Crippen LogP contribution in [0.4, 0.5) is 5.69 Å². The molecule has 0 fully saturated rings. The first-order valence-corrected chi connectivity index (χ1v) is 7.46. The SMILES string of the molecule is CCCCN(C)C(=O)CN(C(C)=O)c1cc(C)ccc1C. The molecule has 0 unspecified atom stereocenters. The number of likely N-dealkylation sites (N-methyl/N-ethyl adjacent to an activating group) is 1. The van der Waals surface area contributed by atoms with Crippen molar-refractivity contribution in [3.05, 3.63) is 29.3 Å². The maximum atomic E-state index is 12.3. The summed E-state index contributed by atoms with van der Waals surface area (Å²) in [6.45, 7) is 8.36. The van der Waals surface area contributed by atoms with Gasteiger partial charge in [-0.3, -0.25) is 9.59 Å². The Hall–Kier alpha value is -1.84. The van der Waals surface area contributed by atoms with Crippen molar-refractivity contribution in [3.63, 3.8) is 0 Å². The van der Waals surface area contributed by atoms with Gasteiger partial charge in [0.25, 0.3) is 0 Å². The van der Waals surface area contributed by atoms with E-state index < -0.39 is 0 Å². The summed E-state index contributed by atoms with van der Waals surface area (Å²) in [6, 6.07) is 5.94. The minimum absolute atomic E-state index is 0.0282. The molecule has 0 spiro atoms. The second-order valence-electron chi connectivity index (χ2n) is 5.56. The second-order valence-corrected chi connectivity index (χ2v) is 5.56. The van der Waals surface area contributed by atoms with Crippen molar-refractivity contribution in [1.82, 2.24) is 4.90 Å². The number of hydrogen-bond acceptors (Lipinski definition) is 2. The molecule has 0 atom stereocenters. The highest BCUT2D eigenvalue weighted by atomic mass is 16.2. The maximum Gasteiger partial charge on any atom is 0.242 e. The van der Waals surface area contributed by atoms with Crippen LogP contribution in [0.5, 0.6) is 0 Å². The first-order valence-electron chi connectivity index (χ1n) is 7.46. The summed E-state index contributed by atoms with van der Waals surface area (Å²) in [5.41, 5.74) is 2.90. The molecule has 4 heteroatoms. The van der Waals surface area contributed by atoms with Crippen LogP contribution in [0.1, 0.15) is 37.8 Å². The Labute approximate surface area is 127 Å². The number of rotatable bonds is 6. The molecular weight excluding hydrogens is 264 g/mol. The number of hydrogen-bond donors (Lipinski definition) is 0. The molecule has 0 aliphatic rings. The topological polar surface area (TPSA) is 40.6 Å². The van der Waals surface area contributed by atoms with Gasteiger partial charge in [0.1, 0.15) is 6.54 Å². The first kappa shape index (κ1) is 17.2. The summed E-state index contributed by atoms with van der Waals surface area (Å²) in [5.74, 6) is -0.138. The van der Waals surface area contributed by atoms with Gasteiger partial charge in [0.2, 0.25) is 11.8 Å². The van der Waals surface area contributed by atoms with Crippen LogP contribution in [-0.4, -0.2) is 36.9 Å². The molecule has 21 heavy (non-hydrogen) atoms. The van der Waals surface area contributed by atoms with Crippen molar-refractivity contribution in [2.24, 2.45) is 0 Å². The molecule has 2 amide bonds. The van der Waals surface area contributed by atoms with Gasteiger partial charge in [-0.1, -0.05) is 25.5 Å². The highest BCUT2D eigenvalue weighted by molar-refractivity contribution is 5.98. The van der Waals surface area contributed by atoms with Gasteiger partial charge in [0.05, 0.1) is 0 Å². The maximum absolute atomic E-state index is 12.3. The Morgan fingerprint density at radius 2 is 1.86 bits per heavy atom. The Morgan fingerprint density at radius 3 is 2.43 bits per heavy atom. The molecular formula is C17H26N2O2. The minimum Gasteiger partial charge on any atom is -0.344 e. The third-order valence-corrected chi connectivity index (χ3v) is 3.60. The lowest BCUT2D eigenvalue weighted by Gasteiger charge is -2.26. The van der Waals surface area contributed by atoms with Gasteiger partial charge in [-0.25, -0.2) is 0 Å². The number of anilines is 1. The summed E-state index contributed by atoms with van der Waals surface area (Å²) >= 11 is 0. The predicted molar refractivity (Wildman–Crippen MR) is 86.5 cm³/mol. The van der Waals surface area contributed by atoms with Crippen molar-refractivity contribution in [3.8, 4) is 0 Å². The van der Waals surface area contributed by atoms with Gasteiger partial charge >= 0.3 is 0 Å². The summed E-state index contributed by atoms with van der Waals surface area (Å²) < 4.78 is 0. The average Bonchev–Trinajstić information content (AvgIpc) is 2.44. The van der Waals surface area contributed by atoms with E-state index in [1.165, 1.54) is 6.92 Å². The number of nitrogens with zero attached hydrogens (tertiary/aromatic N) is 2. The summed E-state index contributed by atoms with van der Waals surface area (Å²) in [5, 5.41) is 0. The van der Waals surface area contributed by atoms with Gasteiger partial charge in [-0.05, 0) is 37.5 Å². The highest BCUT2D eigenvalue weighted by Gasteiger charge is 2.19. The monoisotopic (exact) mass is 290 g/mol. The number of aryl methyl sites for hydroxylation is 2. The van der Waals surface area contributed by atoms with E-state index in [1.807, 2.05) is 32.0 Å². The Bertz CT molecular complexity index is 512. The zero-order chi connectivity index (χ0) is 16.0. The van der Waals surface area contributed by atoms with Crippen LogP contribution in [0.25, 0.3) is 0 Å². The molecule has 0 heterocycles. The fourth-order valence-electron chi connectivity index (χ4n) is 2.15. The van der Waals surface area contributed by atoms with E-state index in [9.17, 15) is 9.59 Å². The van der Waals surface area contributed by atoms with Crippen LogP contribution >= 0.6 is 0 Å². The Kier molecular flexibility index (Phi) is 6.40. The van der Waals surface area contributed by atoms with E-state index in [2.05, 4.69) is 6.92 Å². The molecule has 0 saturated heterocycles. The molecule has 116 valence electrons. The summed E-state index contributed by atoms with van der Waals surface area (Å²) in [6.07, 6.45) is 2.02. The van der Waals surface area contributed by atoms with Crippen LogP contribution in [0.2, 0.25) is 0 Å². The lowest BCUT2D eigenvalue weighted by Crippen LogP contribution is -2.41. The average molecular weight is 290 g/mol. The summed E-state index contributed by atoms with van der Waals surface area (Å²) in [4.78, 5) is 27.5. The number of carbonyl (C=O) groups is 2. The van der Waals surface area contributed by atoms with E-state index in [4.69, 9.17) is 0 Å². The lowest BCUT2D eigenvalue weighted by atomic mass is 10.1. The molecule has 0 aliphatic carbocycles. The van der Waals surface area contributed by atoms with E-state index >= 15 is 0 Å². The van der Waals surface area contributed by atoms with Crippen molar-refractivity contribution in [1.29, 1.82) is 0 Å². The van der Waals surface area contributed by atoms with Gasteiger partial charge < -0.3 is 9.80 Å². The predicted octanol–water partition coefficient (Wildman–Crippen LogP) is 2.91. The molecule has 1 aromatic rings. The fourth-order valence-corrected chi connectivity index (χ4v) is 2.15. The third-order valence-electron chi connectivity index (χ3n) is 3.60. The largest absolute Gasteiger partial charge is 0.344 e. The van der Waals surface area contributed by atoms with Crippen LogP contribution in [0, 0.1) is 13.8 Å². The van der Waals surface area contributed by atoms with Crippen LogP contribution in [0.15, 0.2) is 18.2 Å². The lowest BCUT2D eigenvalue weighted by molar-refractivity contribution is -0.130. The Morgan fingerprint density at radius 1 is 1.19 bits per heavy atom. The van der Waals surface area contributed by atoms with Gasteiger partial charge in [-0.2, -0.15) is 0 Å². The normalized spacial score (nSPS) is 10.3. The second kappa shape index (κ2) is 7.81. The molecule has 0 radical (unpaired) electrons. The van der Waals surface area contributed by atoms with Crippen LogP contribution in [0.3, 0.4) is 0 Å². The van der Waals surface area contributed by atoms with Gasteiger partial charge in [-0.15, -0.1) is 0 Å². The number of amides is 2. The smallest absolute Gasteiger partial charge is 0.242 e. The molecule has 1 rings (SSSR count). The molecule has 4 nitrogen and oxygen atoms in total. The number of benzene rings is 1. The standard InChI is InChI=1S/C17H26N2O2/c1-6-7-10-18(5)17(21)12-19(15(4)20)16-11-13(2)8-9-14(16)3/h8-9,11H,6-7,10,12H2,1-5H3. The molecule has 0 N–H and O–H groups in total. The minimum atomic E-state index is -0.110. The zero-order valence-electron chi connectivity index (χ0n) is 13.8. The summed E-state index contributed by atoms with van der Waals surface area (Å²) in [7, 11) is 1.79. The molecule has 0 bridgehead atoms. The zero-order valence-corrected chi connectivity index (χ0v) is 13.8. The van der Waals surface area contributed by atoms with Crippen LogP contribution in [-0.2, 0) is 9.59 Å². The molecule has 1 aromatic carbocycles. The van der Waals surface area contributed by atoms with E-state index in [1.54, 1.807) is 16.8 Å². The van der Waals surface area contributed by atoms with Crippen molar-refractivity contribution >= 4 is 17.5 Å². The number of carbonyl (C=O) groups excluding carboxylic acids is 2. The molecule has 0 aromatic heterocycles.